The van der Waals surface area contributed by atoms with Gasteiger partial charge in [0.05, 0.1) is 11.9 Å². The van der Waals surface area contributed by atoms with Crippen LogP contribution in [0.5, 0.6) is 0 Å². The zero-order valence-corrected chi connectivity index (χ0v) is 11.1. The number of imide groups is 1. The Balaban J connectivity index is 2.06. The molecule has 1 aliphatic rings. The lowest BCUT2D eigenvalue weighted by Gasteiger charge is -2.14. The van der Waals surface area contributed by atoms with Crippen molar-refractivity contribution in [3.63, 3.8) is 0 Å². The molecule has 0 spiro atoms. The van der Waals surface area contributed by atoms with Crippen molar-refractivity contribution >= 4 is 17.6 Å². The molecule has 2 heterocycles. The van der Waals surface area contributed by atoms with Crippen molar-refractivity contribution in [3.8, 4) is 11.5 Å². The molecule has 0 unspecified atom stereocenters. The number of aryl methyl sites for hydroxylation is 1. The van der Waals surface area contributed by atoms with Gasteiger partial charge in [0.1, 0.15) is 12.3 Å². The summed E-state index contributed by atoms with van der Waals surface area (Å²) in [6, 6.07) is 4.38. The second-order valence-corrected chi connectivity index (χ2v) is 4.68. The Morgan fingerprint density at radius 3 is 2.75 bits per heavy atom. The summed E-state index contributed by atoms with van der Waals surface area (Å²) in [5.74, 6) is 0.196. The summed E-state index contributed by atoms with van der Waals surface area (Å²) in [4.78, 5) is 29.1. The van der Waals surface area contributed by atoms with Gasteiger partial charge >= 0.3 is 6.03 Å². The van der Waals surface area contributed by atoms with E-state index in [1.807, 2.05) is 13.0 Å². The lowest BCUT2D eigenvalue weighted by Crippen LogP contribution is -2.30. The summed E-state index contributed by atoms with van der Waals surface area (Å²) in [5, 5.41) is 2.58. The molecule has 1 atom stereocenters. The van der Waals surface area contributed by atoms with Crippen LogP contribution in [0.3, 0.4) is 0 Å². The summed E-state index contributed by atoms with van der Waals surface area (Å²) in [5.41, 5.74) is 2.22. The number of nitrogens with one attached hydrogen (secondary N) is 1. The summed E-state index contributed by atoms with van der Waals surface area (Å²) in [7, 11) is 0. The Morgan fingerprint density at radius 2 is 2.15 bits per heavy atom. The number of carbonyl (C=O) groups is 2. The zero-order chi connectivity index (χ0) is 14.3. The molecule has 6 nitrogen and oxygen atoms in total. The van der Waals surface area contributed by atoms with Crippen molar-refractivity contribution in [2.75, 3.05) is 4.90 Å². The first kappa shape index (κ1) is 12.4. The number of carbonyl (C=O) groups excluding carboxylic acids is 2. The number of benzene rings is 1. The molecule has 1 fully saturated rings. The van der Waals surface area contributed by atoms with Gasteiger partial charge in [-0.2, -0.15) is 0 Å². The molecule has 3 amide bonds. The molecule has 0 aliphatic carbocycles. The number of urea groups is 1. The summed E-state index contributed by atoms with van der Waals surface area (Å²) < 4.78 is 5.28. The maximum Gasteiger partial charge on any atom is 0.329 e. The first-order valence-electron chi connectivity index (χ1n) is 6.23. The van der Waals surface area contributed by atoms with Crippen molar-refractivity contribution in [1.29, 1.82) is 0 Å². The standard InChI is InChI=1S/C14H13N3O3/c1-8-3-4-10(7-11(8)12-15-5-6-20-12)17-13(18)9(2)16-14(17)19/h3-7,9H,1-2H3,(H,16,19)/t9-/m1/s1. The lowest BCUT2D eigenvalue weighted by molar-refractivity contribution is -0.117. The normalized spacial score (nSPS) is 18.5. The predicted molar refractivity (Wildman–Crippen MR) is 72.2 cm³/mol. The fourth-order valence-electron chi connectivity index (χ4n) is 2.19. The average Bonchev–Trinajstić information content (AvgIpc) is 3.01. The van der Waals surface area contributed by atoms with Gasteiger partial charge in [0.15, 0.2) is 0 Å². The molecule has 6 heteroatoms. The van der Waals surface area contributed by atoms with E-state index < -0.39 is 12.1 Å². The Bertz CT molecular complexity index is 679. The van der Waals surface area contributed by atoms with Crippen molar-refractivity contribution in [1.82, 2.24) is 10.3 Å². The highest BCUT2D eigenvalue weighted by Crippen LogP contribution is 2.28. The fraction of sp³-hybridized carbons (Fsp3) is 0.214. The number of nitrogens with zero attached hydrogens (tertiary/aromatic N) is 2. The number of amides is 3. The molecule has 0 saturated carbocycles. The minimum absolute atomic E-state index is 0.266. The highest BCUT2D eigenvalue weighted by Gasteiger charge is 2.36. The smallest absolute Gasteiger partial charge is 0.329 e. The number of hydrogen-bond acceptors (Lipinski definition) is 4. The molecule has 2 aromatic rings. The Labute approximate surface area is 115 Å². The van der Waals surface area contributed by atoms with Crippen molar-refractivity contribution in [2.24, 2.45) is 0 Å². The van der Waals surface area contributed by atoms with Crippen molar-refractivity contribution < 1.29 is 14.0 Å². The molecule has 0 bridgehead atoms. The number of aromatic nitrogens is 1. The van der Waals surface area contributed by atoms with Gasteiger partial charge in [0.25, 0.3) is 5.91 Å². The van der Waals surface area contributed by atoms with E-state index in [4.69, 9.17) is 4.42 Å². The third kappa shape index (κ3) is 1.85. The van der Waals surface area contributed by atoms with Crippen LogP contribution in [-0.2, 0) is 4.79 Å². The van der Waals surface area contributed by atoms with Gasteiger partial charge < -0.3 is 9.73 Å². The van der Waals surface area contributed by atoms with E-state index in [0.717, 1.165) is 16.0 Å². The minimum atomic E-state index is -0.506. The highest BCUT2D eigenvalue weighted by atomic mass is 16.3. The molecule has 1 aliphatic heterocycles. The summed E-state index contributed by atoms with van der Waals surface area (Å²) >= 11 is 0. The van der Waals surface area contributed by atoms with Crippen LogP contribution in [0.2, 0.25) is 0 Å². The number of anilines is 1. The second kappa shape index (κ2) is 4.48. The third-order valence-electron chi connectivity index (χ3n) is 3.28. The van der Waals surface area contributed by atoms with Gasteiger partial charge in [-0.15, -0.1) is 0 Å². The first-order valence-corrected chi connectivity index (χ1v) is 6.23. The second-order valence-electron chi connectivity index (χ2n) is 4.68. The van der Waals surface area contributed by atoms with E-state index in [9.17, 15) is 9.59 Å². The monoisotopic (exact) mass is 271 g/mol. The topological polar surface area (TPSA) is 75.4 Å². The molecular formula is C14H13N3O3. The van der Waals surface area contributed by atoms with Gasteiger partial charge in [0, 0.05) is 5.56 Å². The van der Waals surface area contributed by atoms with Crippen molar-refractivity contribution in [3.05, 3.63) is 36.2 Å². The SMILES string of the molecule is Cc1ccc(N2C(=O)N[C@H](C)C2=O)cc1-c1ncco1. The molecular weight excluding hydrogens is 258 g/mol. The van der Waals surface area contributed by atoms with Crippen LogP contribution in [0.25, 0.3) is 11.5 Å². The average molecular weight is 271 g/mol. The number of hydrogen-bond donors (Lipinski definition) is 1. The van der Waals surface area contributed by atoms with Crippen molar-refractivity contribution in [2.45, 2.75) is 19.9 Å². The molecule has 102 valence electrons. The van der Waals surface area contributed by atoms with E-state index in [1.54, 1.807) is 25.3 Å². The van der Waals surface area contributed by atoms with Gasteiger partial charge in [-0.05, 0) is 31.5 Å². The molecule has 1 N–H and O–H groups in total. The van der Waals surface area contributed by atoms with E-state index in [2.05, 4.69) is 10.3 Å². The molecule has 1 saturated heterocycles. The Hall–Kier alpha value is -2.63. The van der Waals surface area contributed by atoms with E-state index in [-0.39, 0.29) is 5.91 Å². The molecule has 1 aromatic heterocycles. The van der Waals surface area contributed by atoms with E-state index >= 15 is 0 Å². The summed E-state index contributed by atoms with van der Waals surface area (Å²) in [6.45, 7) is 3.57. The number of oxazole rings is 1. The van der Waals surface area contributed by atoms with Crippen LogP contribution >= 0.6 is 0 Å². The van der Waals surface area contributed by atoms with Crippen LogP contribution in [0.1, 0.15) is 12.5 Å². The first-order chi connectivity index (χ1) is 9.58. The zero-order valence-electron chi connectivity index (χ0n) is 11.1. The molecule has 1 aromatic carbocycles. The Morgan fingerprint density at radius 1 is 1.35 bits per heavy atom. The van der Waals surface area contributed by atoms with E-state index in [1.165, 1.54) is 6.26 Å². The fourth-order valence-corrected chi connectivity index (χ4v) is 2.19. The lowest BCUT2D eigenvalue weighted by atomic mass is 10.1. The van der Waals surface area contributed by atoms with Crippen LogP contribution < -0.4 is 10.2 Å². The largest absolute Gasteiger partial charge is 0.445 e. The van der Waals surface area contributed by atoms with Gasteiger partial charge in [-0.3, -0.25) is 4.79 Å². The van der Waals surface area contributed by atoms with Crippen LogP contribution in [0, 0.1) is 6.92 Å². The predicted octanol–water partition coefficient (Wildman–Crippen LogP) is 2.09. The maximum atomic E-state index is 12.0. The molecule has 20 heavy (non-hydrogen) atoms. The maximum absolute atomic E-state index is 12.0. The van der Waals surface area contributed by atoms with Crippen LogP contribution in [-0.4, -0.2) is 23.0 Å². The number of rotatable bonds is 2. The van der Waals surface area contributed by atoms with Gasteiger partial charge in [-0.1, -0.05) is 6.07 Å². The third-order valence-corrected chi connectivity index (χ3v) is 3.28. The van der Waals surface area contributed by atoms with Gasteiger partial charge in [-0.25, -0.2) is 14.7 Å². The minimum Gasteiger partial charge on any atom is -0.445 e. The van der Waals surface area contributed by atoms with Crippen LogP contribution in [0.4, 0.5) is 10.5 Å². The highest BCUT2D eigenvalue weighted by molar-refractivity contribution is 6.21. The van der Waals surface area contributed by atoms with E-state index in [0.29, 0.717) is 11.6 Å². The molecule has 0 radical (unpaired) electrons. The Kier molecular flexibility index (Phi) is 2.78. The van der Waals surface area contributed by atoms with Crippen LogP contribution in [0.15, 0.2) is 35.1 Å². The quantitative estimate of drug-likeness (QED) is 0.849. The summed E-state index contributed by atoms with van der Waals surface area (Å²) in [6.07, 6.45) is 3.04. The molecule has 3 rings (SSSR count). The van der Waals surface area contributed by atoms with Gasteiger partial charge in [0.2, 0.25) is 5.89 Å².